The van der Waals surface area contributed by atoms with Gasteiger partial charge in [-0.05, 0) is 340 Å². The lowest BCUT2D eigenvalue weighted by Crippen LogP contribution is -2.37. The molecule has 0 spiro atoms. The highest BCUT2D eigenvalue weighted by Gasteiger charge is 2.43. The number of fused-ring (bicyclic) bond motifs is 4. The van der Waals surface area contributed by atoms with E-state index < -0.39 is 0 Å². The molecule has 0 saturated heterocycles. The van der Waals surface area contributed by atoms with Crippen molar-refractivity contribution in [3.8, 4) is 0 Å². The largest absolute Gasteiger partial charge is 0.472 e. The average molecular weight is 1960 g/mol. The molecule has 4 amide bonds. The van der Waals surface area contributed by atoms with E-state index in [4.69, 9.17) is 59.1 Å². The third-order valence-corrected chi connectivity index (χ3v) is 32.2. The molecule has 24 nitrogen and oxygen atoms in total. The van der Waals surface area contributed by atoms with E-state index in [-0.39, 0.29) is 90.8 Å². The van der Waals surface area contributed by atoms with Crippen LogP contribution >= 0.6 is 0 Å². The molecule has 4 heterocycles. The van der Waals surface area contributed by atoms with E-state index in [2.05, 4.69) is 210 Å². The van der Waals surface area contributed by atoms with Gasteiger partial charge in [0.15, 0.2) is 35.4 Å². The van der Waals surface area contributed by atoms with Crippen molar-refractivity contribution in [1.82, 2.24) is 24.6 Å². The van der Waals surface area contributed by atoms with Crippen molar-refractivity contribution in [3.63, 3.8) is 0 Å². The van der Waals surface area contributed by atoms with Crippen molar-refractivity contribution in [2.75, 3.05) is 26.2 Å². The molecule has 10 aromatic rings. The summed E-state index contributed by atoms with van der Waals surface area (Å²) in [4.78, 5) is 81.7. The summed E-state index contributed by atoms with van der Waals surface area (Å²) in [6.45, 7) is 52.6. The fourth-order valence-corrected chi connectivity index (χ4v) is 22.2. The molecular formula is C120H165N17O7. The Labute approximate surface area is 856 Å². The van der Waals surface area contributed by atoms with Gasteiger partial charge in [-0.15, -0.1) is 0 Å². The van der Waals surface area contributed by atoms with Gasteiger partial charge in [-0.3, -0.25) is 29.2 Å². The van der Waals surface area contributed by atoms with Gasteiger partial charge in [0.1, 0.15) is 23.5 Å². The van der Waals surface area contributed by atoms with Crippen LogP contribution in [-0.2, 0) is 95.7 Å². The van der Waals surface area contributed by atoms with E-state index >= 15 is 0 Å². The molecule has 772 valence electrons. The van der Waals surface area contributed by atoms with Gasteiger partial charge in [0.05, 0.1) is 24.9 Å². The molecule has 6 aliphatic rings. The van der Waals surface area contributed by atoms with Gasteiger partial charge in [0, 0.05) is 71.6 Å². The average Bonchev–Trinajstić information content (AvgIpc) is 1.16. The number of hydrogen-bond acceptors (Lipinski definition) is 11. The summed E-state index contributed by atoms with van der Waals surface area (Å²) >= 11 is 0. The Balaban J connectivity index is 0.000000161. The number of aryl methyl sites for hydroxylation is 4. The highest BCUT2D eigenvalue weighted by atomic mass is 16.4. The second kappa shape index (κ2) is 45.4. The smallest absolute Gasteiger partial charge is 0.289 e. The Bertz CT molecular complexity index is 6200. The third-order valence-electron chi connectivity index (χ3n) is 32.2. The van der Waals surface area contributed by atoms with Crippen LogP contribution in [0.1, 0.15) is 367 Å². The predicted molar refractivity (Wildman–Crippen MR) is 584 cm³/mol. The number of H-pyrrole nitrogens is 1. The summed E-state index contributed by atoms with van der Waals surface area (Å²) in [6.07, 6.45) is 22.9. The maximum Gasteiger partial charge on any atom is 0.289 e. The van der Waals surface area contributed by atoms with Gasteiger partial charge in [-0.25, -0.2) is 9.98 Å². The molecule has 24 heteroatoms. The zero-order valence-electron chi connectivity index (χ0n) is 89.8. The number of carbonyl (C=O) groups is 4. The van der Waals surface area contributed by atoms with Crippen LogP contribution in [-0.4, -0.2) is 98.2 Å². The lowest BCUT2D eigenvalue weighted by Gasteiger charge is -2.42. The number of aromatic nitrogens is 1. The second-order valence-electron chi connectivity index (χ2n) is 47.5. The van der Waals surface area contributed by atoms with Crippen LogP contribution in [0.2, 0.25) is 0 Å². The predicted octanol–water partition coefficient (Wildman–Crippen LogP) is 22.2. The normalized spacial score (nSPS) is 19.1. The number of aromatic amines is 1. The number of nitrogens with zero attached hydrogens (tertiary/aromatic N) is 8. The van der Waals surface area contributed by atoms with Crippen LogP contribution in [0.3, 0.4) is 0 Å². The van der Waals surface area contributed by atoms with Gasteiger partial charge in [-0.2, -0.15) is 0 Å². The number of hydrogen-bond donors (Lipinski definition) is 9. The SMILES string of the molecule is CC1(C)CCC(C)(C)c2cc(CN(Cc3ccc(CN=C(N)N)cc3)C(=O)c3ccc[nH]3)ccc21.Cc1cc2c(cc1CN(Cc1ccc(CN=C(N)N)cc1)C(=O)c1ccoc1)C(C)(C)CCC2(C)C.Cc1ccc(C(=O)N(Cc2cc3c(cc2C)C(C)(C)CCC3(C)C)CC2CCC(CN=C(N)N)CC2)o1.Cc1ccc(C(=O)N(Cc2ccc3c(c2)C(C)(C)CCC3(C)C)CC2CCC(CN=C(N)N)CC2)o1. The lowest BCUT2D eigenvalue weighted by molar-refractivity contribution is 0.0652. The molecular weight excluding hydrogens is 1790 g/mol. The minimum atomic E-state index is -0.0509. The van der Waals surface area contributed by atoms with Crippen LogP contribution in [0.4, 0.5) is 0 Å². The number of carbonyl (C=O) groups excluding carboxylic acids is 4. The summed E-state index contributed by atoms with van der Waals surface area (Å²) in [6, 6.07) is 52.0. The molecule has 4 aromatic heterocycles. The Hall–Kier alpha value is -12.6. The second-order valence-corrected chi connectivity index (χ2v) is 47.5. The fourth-order valence-electron chi connectivity index (χ4n) is 22.2. The van der Waals surface area contributed by atoms with Crippen LogP contribution in [0.15, 0.2) is 204 Å². The molecule has 2 fully saturated rings. The number of rotatable bonds is 28. The summed E-state index contributed by atoms with van der Waals surface area (Å²) in [5, 5.41) is 0. The van der Waals surface area contributed by atoms with Gasteiger partial charge in [0.25, 0.3) is 23.6 Å². The van der Waals surface area contributed by atoms with Crippen molar-refractivity contribution < 1.29 is 32.4 Å². The van der Waals surface area contributed by atoms with Gasteiger partial charge >= 0.3 is 0 Å². The molecule has 6 aromatic carbocycles. The minimum absolute atomic E-state index is 0.0168. The van der Waals surface area contributed by atoms with Gasteiger partial charge in [0.2, 0.25) is 0 Å². The molecule has 2 saturated carbocycles. The first-order chi connectivity index (χ1) is 67.8. The molecule has 16 rings (SSSR count). The van der Waals surface area contributed by atoms with Gasteiger partial charge in [-0.1, -0.05) is 220 Å². The van der Waals surface area contributed by atoms with Crippen molar-refractivity contribution >= 4 is 47.5 Å². The van der Waals surface area contributed by atoms with Gasteiger partial charge < -0.3 is 83.7 Å². The van der Waals surface area contributed by atoms with Crippen LogP contribution in [0, 0.1) is 51.4 Å². The molecule has 0 atom stereocenters. The Morgan fingerprint density at radius 1 is 0.326 bits per heavy atom. The minimum Gasteiger partial charge on any atom is -0.472 e. The van der Waals surface area contributed by atoms with Crippen molar-refractivity contribution in [3.05, 3.63) is 305 Å². The summed E-state index contributed by atoms with van der Waals surface area (Å²) < 4.78 is 16.7. The van der Waals surface area contributed by atoms with E-state index in [0.29, 0.717) is 112 Å². The zero-order valence-corrected chi connectivity index (χ0v) is 89.8. The summed E-state index contributed by atoms with van der Waals surface area (Å²) in [7, 11) is 0. The number of aliphatic imine (C=N–C) groups is 4. The highest BCUT2D eigenvalue weighted by Crippen LogP contribution is 2.52. The Morgan fingerprint density at radius 3 is 0.979 bits per heavy atom. The number of benzene rings is 6. The Kier molecular flexibility index (Phi) is 34.2. The molecule has 0 bridgehead atoms. The summed E-state index contributed by atoms with van der Waals surface area (Å²) in [5.74, 6) is 4.71. The quantitative estimate of drug-likeness (QED) is 0.0162. The zero-order chi connectivity index (χ0) is 104. The first-order valence-corrected chi connectivity index (χ1v) is 52.2. The van der Waals surface area contributed by atoms with E-state index in [1.807, 2.05) is 112 Å². The first kappa shape index (κ1) is 109. The standard InChI is InChI=1S/C31H46N4O2.C30H44N4O2.C30H38N4O2.C29H37N5O/c1-20-15-25-26(31(5,6)14-13-30(25,3)4)16-24(20)19-35(28(36)27-12-7-21(2)37-27)18-23-10-8-22(9-11-23)17-34-29(32)33;1-20-6-13-26(36-20)27(35)34(18-22-9-7-21(8-10-22)17-33-28(31)32)19-23-11-12-24-25(16-23)30(4,5)15-14-29(24,2)3;1-20-14-25-26(30(4,5)12-11-29(25,2)3)15-24(20)18-34(27(35)23-10-13-36-19-23)17-22-8-6-21(7-9-22)16-33-28(31)32;1-28(2)13-14-29(3,4)24-16-22(11-12-23(24)28)19-34(26(35)25-6-5-15-32-25)18-21-9-7-20(8-10-21)17-33-27(30)31/h7,12,15-16,22-23H,8-11,13-14,17-19H2,1-6H3,(H4,32,33,34);6,11-13,16,21-22H,7-10,14-15,17-19H2,1-5H3,(H4,31,32,33);6-10,13-15,19H,11-12,16-18H2,1-5H3,(H4,31,32,33);5-12,15-16,32H,13-14,17-19H2,1-4H3,(H4,30,31,33). The highest BCUT2D eigenvalue weighted by molar-refractivity contribution is 5.95. The van der Waals surface area contributed by atoms with E-state index in [9.17, 15) is 19.2 Å². The molecule has 17 N–H and O–H groups in total. The van der Waals surface area contributed by atoms with Crippen LogP contribution in [0.5, 0.6) is 0 Å². The van der Waals surface area contributed by atoms with Crippen LogP contribution in [0.25, 0.3) is 0 Å². The van der Waals surface area contributed by atoms with E-state index in [0.717, 1.165) is 117 Å². The topological polar surface area (TPSA) is 394 Å². The van der Waals surface area contributed by atoms with Crippen molar-refractivity contribution in [1.29, 1.82) is 0 Å². The molecule has 0 aliphatic heterocycles. The molecule has 6 aliphatic carbocycles. The molecule has 144 heavy (non-hydrogen) atoms. The maximum absolute atomic E-state index is 13.7. The number of nitrogens with one attached hydrogen (secondary N) is 1. The first-order valence-electron chi connectivity index (χ1n) is 52.2. The number of furan rings is 3. The number of amides is 4. The number of guanidine groups is 4. The molecule has 0 unspecified atom stereocenters. The number of nitrogens with two attached hydrogens (primary N) is 8. The lowest BCUT2D eigenvalue weighted by atomic mass is 9.62. The summed E-state index contributed by atoms with van der Waals surface area (Å²) in [5.41, 5.74) is 69.0. The van der Waals surface area contributed by atoms with E-state index in [1.54, 1.807) is 24.6 Å². The monoisotopic (exact) mass is 1960 g/mol. The molecule has 0 radical (unpaired) electrons. The third kappa shape index (κ3) is 27.7. The maximum atomic E-state index is 13.7. The van der Waals surface area contributed by atoms with Crippen molar-refractivity contribution in [2.24, 2.45) is 89.5 Å². The fraction of sp³-hybridized carbons (Fsp3) is 0.500. The Morgan fingerprint density at radius 2 is 0.639 bits per heavy atom. The van der Waals surface area contributed by atoms with Crippen molar-refractivity contribution in [2.45, 2.75) is 337 Å². The van der Waals surface area contributed by atoms with E-state index in [1.165, 1.54) is 117 Å². The van der Waals surface area contributed by atoms with Crippen LogP contribution < -0.4 is 45.9 Å².